The predicted molar refractivity (Wildman–Crippen MR) is 65.5 cm³/mol. The van der Waals surface area contributed by atoms with Crippen molar-refractivity contribution < 1.29 is 9.18 Å². The number of nitrogens with one attached hydrogen (secondary N) is 1. The third-order valence-corrected chi connectivity index (χ3v) is 3.14. The Morgan fingerprint density at radius 1 is 1.35 bits per heavy atom. The van der Waals surface area contributed by atoms with Gasteiger partial charge >= 0.3 is 0 Å². The Balaban J connectivity index is 2.45. The van der Waals surface area contributed by atoms with Crippen LogP contribution in [0.2, 0.25) is 0 Å². The fraction of sp³-hybridized carbons (Fsp3) is 0.462. The lowest BCUT2D eigenvalue weighted by atomic mass is 9.97. The van der Waals surface area contributed by atoms with Gasteiger partial charge in [-0.15, -0.1) is 0 Å². The average molecular weight is 236 g/mol. The van der Waals surface area contributed by atoms with Crippen molar-refractivity contribution in [3.05, 3.63) is 30.1 Å². The van der Waals surface area contributed by atoms with Crippen LogP contribution >= 0.6 is 0 Å². The second-order valence-electron chi connectivity index (χ2n) is 4.92. The third-order valence-electron chi connectivity index (χ3n) is 3.14. The Hall–Kier alpha value is -1.42. The topological polar surface area (TPSA) is 32.3 Å². The lowest BCUT2D eigenvalue weighted by molar-refractivity contribution is -0.118. The van der Waals surface area contributed by atoms with Crippen molar-refractivity contribution in [2.75, 3.05) is 18.0 Å². The molecule has 17 heavy (non-hydrogen) atoms. The second-order valence-corrected chi connectivity index (χ2v) is 4.92. The number of amides is 1. The van der Waals surface area contributed by atoms with Crippen LogP contribution in [-0.4, -0.2) is 24.5 Å². The Kier molecular flexibility index (Phi) is 3.15. The molecule has 0 radical (unpaired) electrons. The van der Waals surface area contributed by atoms with Gasteiger partial charge in [0.25, 0.3) is 0 Å². The molecule has 1 N–H and O–H groups in total. The minimum atomic E-state index is -0.372. The first-order valence-electron chi connectivity index (χ1n) is 5.81. The van der Waals surface area contributed by atoms with Crippen LogP contribution in [-0.2, 0) is 4.79 Å². The summed E-state index contributed by atoms with van der Waals surface area (Å²) in [4.78, 5) is 13.7. The van der Waals surface area contributed by atoms with Gasteiger partial charge in [0.1, 0.15) is 5.82 Å². The van der Waals surface area contributed by atoms with E-state index in [1.54, 1.807) is 23.1 Å². The predicted octanol–water partition coefficient (Wildman–Crippen LogP) is 1.93. The van der Waals surface area contributed by atoms with E-state index in [1.807, 2.05) is 13.8 Å². The number of para-hydroxylation sites is 1. The van der Waals surface area contributed by atoms with Crippen molar-refractivity contribution in [3.63, 3.8) is 0 Å². The molecular weight excluding hydrogens is 219 g/mol. The molecule has 1 fully saturated rings. The molecule has 1 aliphatic heterocycles. The van der Waals surface area contributed by atoms with E-state index in [2.05, 4.69) is 5.32 Å². The highest BCUT2D eigenvalue weighted by Crippen LogP contribution is 2.29. The molecule has 1 aromatic carbocycles. The Morgan fingerprint density at radius 2 is 2.06 bits per heavy atom. The smallest absolute Gasteiger partial charge is 0.241 e. The van der Waals surface area contributed by atoms with Crippen molar-refractivity contribution in [2.45, 2.75) is 25.8 Å². The van der Waals surface area contributed by atoms with E-state index >= 15 is 0 Å². The van der Waals surface area contributed by atoms with E-state index in [-0.39, 0.29) is 23.8 Å². The quantitative estimate of drug-likeness (QED) is 0.808. The van der Waals surface area contributed by atoms with Crippen LogP contribution in [0.15, 0.2) is 24.3 Å². The van der Waals surface area contributed by atoms with Crippen LogP contribution in [0.4, 0.5) is 10.1 Å². The van der Waals surface area contributed by atoms with E-state index < -0.39 is 0 Å². The van der Waals surface area contributed by atoms with Gasteiger partial charge in [-0.3, -0.25) is 4.79 Å². The van der Waals surface area contributed by atoms with E-state index in [0.717, 1.165) is 13.0 Å². The zero-order chi connectivity index (χ0) is 12.5. The molecule has 92 valence electrons. The van der Waals surface area contributed by atoms with E-state index in [4.69, 9.17) is 0 Å². The summed E-state index contributed by atoms with van der Waals surface area (Å²) in [5.74, 6) is -0.437. The second kappa shape index (κ2) is 4.45. The maximum absolute atomic E-state index is 13.8. The molecule has 1 heterocycles. The average Bonchev–Trinajstić information content (AvgIpc) is 2.39. The molecule has 0 unspecified atom stereocenters. The van der Waals surface area contributed by atoms with Crippen LogP contribution in [0.25, 0.3) is 0 Å². The van der Waals surface area contributed by atoms with E-state index in [1.165, 1.54) is 6.07 Å². The first-order valence-corrected chi connectivity index (χ1v) is 5.81. The Labute approximate surface area is 101 Å². The molecule has 1 aliphatic rings. The number of hydrogen-bond donors (Lipinski definition) is 1. The zero-order valence-corrected chi connectivity index (χ0v) is 10.2. The summed E-state index contributed by atoms with van der Waals surface area (Å²) in [6.45, 7) is 4.95. The molecule has 2 rings (SSSR count). The molecule has 0 aromatic heterocycles. The maximum atomic E-state index is 13.8. The molecule has 0 aliphatic carbocycles. The summed E-state index contributed by atoms with van der Waals surface area (Å²) in [7, 11) is 0. The first-order chi connectivity index (χ1) is 8.02. The minimum Gasteiger partial charge on any atom is -0.308 e. The first kappa shape index (κ1) is 12.0. The number of hydrogen-bond acceptors (Lipinski definition) is 2. The minimum absolute atomic E-state index is 0.0856. The normalized spacial score (nSPS) is 20.2. The van der Waals surface area contributed by atoms with Gasteiger partial charge in [0.15, 0.2) is 0 Å². The van der Waals surface area contributed by atoms with Crippen molar-refractivity contribution in [2.24, 2.45) is 0 Å². The van der Waals surface area contributed by atoms with Crippen LogP contribution in [0, 0.1) is 5.82 Å². The van der Waals surface area contributed by atoms with Crippen molar-refractivity contribution >= 4 is 11.6 Å². The molecule has 1 saturated heterocycles. The van der Waals surface area contributed by atoms with Gasteiger partial charge in [-0.2, -0.15) is 0 Å². The van der Waals surface area contributed by atoms with Gasteiger partial charge in [-0.05, 0) is 38.9 Å². The highest BCUT2D eigenvalue weighted by molar-refractivity contribution is 5.96. The third kappa shape index (κ3) is 2.31. The van der Waals surface area contributed by atoms with Crippen molar-refractivity contribution in [1.82, 2.24) is 5.32 Å². The van der Waals surface area contributed by atoms with E-state index in [9.17, 15) is 9.18 Å². The molecule has 3 nitrogen and oxygen atoms in total. The number of carbonyl (C=O) groups is 1. The van der Waals surface area contributed by atoms with Gasteiger partial charge in [-0.1, -0.05) is 12.1 Å². The number of halogens is 1. The zero-order valence-electron chi connectivity index (χ0n) is 10.2. The van der Waals surface area contributed by atoms with Crippen LogP contribution in [0.3, 0.4) is 0 Å². The fourth-order valence-corrected chi connectivity index (χ4v) is 2.21. The molecule has 0 spiro atoms. The number of anilines is 1. The summed E-state index contributed by atoms with van der Waals surface area (Å²) in [6, 6.07) is 6.42. The molecular formula is C13H17FN2O. The highest BCUT2D eigenvalue weighted by atomic mass is 19.1. The number of carbonyl (C=O) groups excluding carboxylic acids is 1. The van der Waals surface area contributed by atoms with Crippen LogP contribution < -0.4 is 10.2 Å². The van der Waals surface area contributed by atoms with Gasteiger partial charge in [-0.25, -0.2) is 4.39 Å². The van der Waals surface area contributed by atoms with Crippen molar-refractivity contribution in [3.8, 4) is 0 Å². The molecule has 4 heteroatoms. The summed E-state index contributed by atoms with van der Waals surface area (Å²) < 4.78 is 13.8. The van der Waals surface area contributed by atoms with Gasteiger partial charge < -0.3 is 10.2 Å². The summed E-state index contributed by atoms with van der Waals surface area (Å²) in [5.41, 5.74) is -0.00539. The largest absolute Gasteiger partial charge is 0.308 e. The number of nitrogens with zero attached hydrogens (tertiary/aromatic N) is 1. The summed E-state index contributed by atoms with van der Waals surface area (Å²) in [5, 5.41) is 3.06. The van der Waals surface area contributed by atoms with Crippen LogP contribution in [0.1, 0.15) is 20.3 Å². The Bertz CT molecular complexity index is 431. The van der Waals surface area contributed by atoms with Crippen LogP contribution in [0.5, 0.6) is 0 Å². The maximum Gasteiger partial charge on any atom is 0.241 e. The highest BCUT2D eigenvalue weighted by Gasteiger charge is 2.35. The number of benzene rings is 1. The number of rotatable bonds is 1. The van der Waals surface area contributed by atoms with E-state index in [0.29, 0.717) is 5.69 Å². The fourth-order valence-electron chi connectivity index (χ4n) is 2.21. The summed E-state index contributed by atoms with van der Waals surface area (Å²) in [6.07, 6.45) is 0.799. The lowest BCUT2D eigenvalue weighted by Crippen LogP contribution is -2.48. The molecule has 0 saturated carbocycles. The van der Waals surface area contributed by atoms with Gasteiger partial charge in [0.2, 0.25) is 5.91 Å². The van der Waals surface area contributed by atoms with Gasteiger partial charge in [0.05, 0.1) is 12.2 Å². The summed E-state index contributed by atoms with van der Waals surface area (Å²) >= 11 is 0. The molecule has 1 aromatic rings. The lowest BCUT2D eigenvalue weighted by Gasteiger charge is -2.37. The SMILES string of the molecule is CC1(C)CCNCC(=O)N1c1ccccc1F. The van der Waals surface area contributed by atoms with Crippen molar-refractivity contribution in [1.29, 1.82) is 0 Å². The molecule has 1 amide bonds. The Morgan fingerprint density at radius 3 is 2.76 bits per heavy atom. The molecule has 0 atom stereocenters. The standard InChI is InChI=1S/C13H17FN2O/c1-13(2)7-8-15-9-12(17)16(13)11-6-4-3-5-10(11)14/h3-6,15H,7-9H2,1-2H3. The monoisotopic (exact) mass is 236 g/mol. The van der Waals surface area contributed by atoms with Gasteiger partial charge in [0, 0.05) is 5.54 Å². The molecule has 0 bridgehead atoms.